The molecule has 0 aromatic heterocycles. The molecule has 0 aromatic rings. The van der Waals surface area contributed by atoms with Crippen molar-refractivity contribution >= 4 is 21.8 Å². The predicted molar refractivity (Wildman–Crippen MR) is 80.5 cm³/mol. The Morgan fingerprint density at radius 2 is 2.28 bits per heavy atom. The molecule has 0 aromatic carbocycles. The van der Waals surface area contributed by atoms with Crippen molar-refractivity contribution in [1.29, 1.82) is 0 Å². The smallest absolute Gasteiger partial charge is 0.195 e. The van der Waals surface area contributed by atoms with Crippen LogP contribution in [-0.2, 0) is 4.74 Å². The average Bonchev–Trinajstić information content (AvgIpc) is 2.35. The molecule has 1 rings (SSSR count). The first-order valence-corrected chi connectivity index (χ1v) is 6.78. The Labute approximate surface area is 117 Å². The molecule has 0 aliphatic carbocycles. The molecule has 0 atom stereocenters. The molecule has 0 spiro atoms. The van der Waals surface area contributed by atoms with E-state index in [2.05, 4.69) is 45.8 Å². The Morgan fingerprint density at radius 1 is 1.50 bits per heavy atom. The number of nitrogens with one attached hydrogen (secondary N) is 1. The van der Waals surface area contributed by atoms with E-state index in [4.69, 9.17) is 4.74 Å². The van der Waals surface area contributed by atoms with Crippen LogP contribution in [-0.4, -0.2) is 12.9 Å². The van der Waals surface area contributed by atoms with Gasteiger partial charge in [-0.3, -0.25) is 0 Å². The van der Waals surface area contributed by atoms with Crippen molar-refractivity contribution < 1.29 is 4.74 Å². The number of allylic oxidation sites excluding steroid dienone is 4. The van der Waals surface area contributed by atoms with Crippen molar-refractivity contribution in [2.75, 3.05) is 7.11 Å². The van der Waals surface area contributed by atoms with E-state index in [1.165, 1.54) is 6.20 Å². The van der Waals surface area contributed by atoms with Gasteiger partial charge in [0.2, 0.25) is 0 Å². The summed E-state index contributed by atoms with van der Waals surface area (Å²) in [7, 11) is 1.66. The Kier molecular flexibility index (Phi) is 6.50. The minimum absolute atomic E-state index is 0.701. The fourth-order valence-electron chi connectivity index (χ4n) is 1.58. The first-order chi connectivity index (χ1) is 8.71. The normalized spacial score (nSPS) is 23.7. The predicted octanol–water partition coefficient (Wildman–Crippen LogP) is 4.01. The topological polar surface area (TPSA) is 33.6 Å². The van der Waals surface area contributed by atoms with Gasteiger partial charge in [0.1, 0.15) is 5.84 Å². The van der Waals surface area contributed by atoms with Crippen LogP contribution in [0.5, 0.6) is 0 Å². The van der Waals surface area contributed by atoms with Gasteiger partial charge in [0.25, 0.3) is 0 Å². The molecule has 18 heavy (non-hydrogen) atoms. The van der Waals surface area contributed by atoms with Gasteiger partial charge in [0.15, 0.2) is 5.88 Å². The van der Waals surface area contributed by atoms with Crippen LogP contribution in [0, 0.1) is 0 Å². The second-order valence-corrected chi connectivity index (χ2v) is 4.76. The number of amidine groups is 1. The summed E-state index contributed by atoms with van der Waals surface area (Å²) >= 11 is 3.48. The fraction of sp³-hybridized carbons (Fsp3) is 0.357. The van der Waals surface area contributed by atoms with E-state index in [0.29, 0.717) is 5.84 Å². The van der Waals surface area contributed by atoms with Crippen LogP contribution < -0.4 is 5.32 Å². The third-order valence-electron chi connectivity index (χ3n) is 2.49. The lowest BCUT2D eigenvalue weighted by molar-refractivity contribution is 0.270. The Balaban J connectivity index is 3.07. The van der Waals surface area contributed by atoms with Crippen LogP contribution in [0.2, 0.25) is 0 Å². The third kappa shape index (κ3) is 4.53. The number of unbranched alkanes of at least 4 members (excludes halogenated alkanes) is 1. The molecule has 1 aliphatic heterocycles. The summed E-state index contributed by atoms with van der Waals surface area (Å²) in [6.07, 6.45) is 10.7. The standard InChI is InChI=1S/C14H19BrN2O/c1-4-6-7-11-8-9-12(15)10-13(16-5-2)17-14(11)18-3/h5,8-10H,2,4,6-7H2,1,3H3,(H,16,17). The summed E-state index contributed by atoms with van der Waals surface area (Å²) in [5, 5.41) is 3.17. The molecule has 0 amide bonds. The first kappa shape index (κ1) is 14.8. The van der Waals surface area contributed by atoms with Crippen LogP contribution in [0.25, 0.3) is 0 Å². The van der Waals surface area contributed by atoms with Crippen molar-refractivity contribution in [3.63, 3.8) is 0 Å². The first-order valence-electron chi connectivity index (χ1n) is 5.99. The molecule has 0 saturated carbocycles. The maximum absolute atomic E-state index is 5.41. The van der Waals surface area contributed by atoms with Crippen LogP contribution in [0.15, 0.2) is 51.9 Å². The summed E-state index contributed by atoms with van der Waals surface area (Å²) in [6.45, 7) is 5.78. The molecule has 1 N–H and O–H groups in total. The molecule has 3 nitrogen and oxygen atoms in total. The zero-order chi connectivity index (χ0) is 13.4. The summed E-state index contributed by atoms with van der Waals surface area (Å²) in [5.74, 6) is 1.45. The average molecular weight is 311 g/mol. The molecular weight excluding hydrogens is 292 g/mol. The van der Waals surface area contributed by atoms with Gasteiger partial charge in [-0.2, -0.15) is 0 Å². The quantitative estimate of drug-likeness (QED) is 0.832. The Bertz CT molecular complexity index is 420. The van der Waals surface area contributed by atoms with Crippen molar-refractivity contribution in [1.82, 2.24) is 5.32 Å². The number of halogens is 1. The number of hydrogen-bond donors (Lipinski definition) is 1. The van der Waals surface area contributed by atoms with Gasteiger partial charge in [-0.25, -0.2) is 4.99 Å². The molecule has 0 bridgehead atoms. The van der Waals surface area contributed by atoms with E-state index in [0.717, 1.165) is 35.2 Å². The zero-order valence-corrected chi connectivity index (χ0v) is 12.5. The van der Waals surface area contributed by atoms with E-state index >= 15 is 0 Å². The molecule has 98 valence electrons. The van der Waals surface area contributed by atoms with Crippen molar-refractivity contribution in [2.24, 2.45) is 4.99 Å². The monoisotopic (exact) mass is 310 g/mol. The number of nitrogens with zero attached hydrogens (tertiary/aromatic N) is 1. The van der Waals surface area contributed by atoms with Gasteiger partial charge in [-0.1, -0.05) is 41.9 Å². The SMILES string of the molecule is C=CN=C1C=C(Br)/C=C\C(CCCC)=C(/OC)N1. The van der Waals surface area contributed by atoms with Gasteiger partial charge >= 0.3 is 0 Å². The fourth-order valence-corrected chi connectivity index (χ4v) is 1.93. The van der Waals surface area contributed by atoms with Gasteiger partial charge in [-0.15, -0.1) is 0 Å². The number of aliphatic imine (C=N–C) groups is 1. The minimum atomic E-state index is 0.701. The van der Waals surface area contributed by atoms with Crippen LogP contribution in [0.1, 0.15) is 26.2 Å². The number of hydrogen-bond acceptors (Lipinski definition) is 2. The number of rotatable bonds is 5. The molecular formula is C14H19BrN2O. The van der Waals surface area contributed by atoms with Crippen LogP contribution in [0.3, 0.4) is 0 Å². The second-order valence-electron chi connectivity index (χ2n) is 3.85. The van der Waals surface area contributed by atoms with Crippen LogP contribution >= 0.6 is 15.9 Å². The largest absolute Gasteiger partial charge is 0.482 e. The molecule has 0 radical (unpaired) electrons. The maximum Gasteiger partial charge on any atom is 0.195 e. The van der Waals surface area contributed by atoms with E-state index in [-0.39, 0.29) is 0 Å². The summed E-state index contributed by atoms with van der Waals surface area (Å²) in [4.78, 5) is 4.16. The summed E-state index contributed by atoms with van der Waals surface area (Å²) in [6, 6.07) is 0. The lowest BCUT2D eigenvalue weighted by Crippen LogP contribution is -2.24. The van der Waals surface area contributed by atoms with Gasteiger partial charge in [-0.05, 0) is 25.0 Å². The van der Waals surface area contributed by atoms with Gasteiger partial charge in [0.05, 0.1) is 7.11 Å². The third-order valence-corrected chi connectivity index (χ3v) is 2.98. The summed E-state index contributed by atoms with van der Waals surface area (Å²) < 4.78 is 6.36. The molecule has 1 aliphatic rings. The maximum atomic E-state index is 5.41. The van der Waals surface area contributed by atoms with Crippen molar-refractivity contribution in [2.45, 2.75) is 26.2 Å². The molecule has 0 fully saturated rings. The Hall–Kier alpha value is -1.29. The molecule has 0 unspecified atom stereocenters. The van der Waals surface area contributed by atoms with E-state index in [1.807, 2.05) is 12.2 Å². The highest BCUT2D eigenvalue weighted by atomic mass is 79.9. The van der Waals surface area contributed by atoms with Crippen LogP contribution in [0.4, 0.5) is 0 Å². The lowest BCUT2D eigenvalue weighted by atomic mass is 10.1. The van der Waals surface area contributed by atoms with E-state index < -0.39 is 0 Å². The van der Waals surface area contributed by atoms with Crippen molar-refractivity contribution in [3.8, 4) is 0 Å². The molecule has 1 heterocycles. The van der Waals surface area contributed by atoms with E-state index in [9.17, 15) is 0 Å². The highest BCUT2D eigenvalue weighted by Crippen LogP contribution is 2.18. The minimum Gasteiger partial charge on any atom is -0.482 e. The lowest BCUT2D eigenvalue weighted by Gasteiger charge is -2.15. The highest BCUT2D eigenvalue weighted by molar-refractivity contribution is 9.11. The zero-order valence-electron chi connectivity index (χ0n) is 10.9. The second kappa shape index (κ2) is 7.93. The van der Waals surface area contributed by atoms with Gasteiger partial charge in [0, 0.05) is 16.3 Å². The van der Waals surface area contributed by atoms with Crippen molar-refractivity contribution in [3.05, 3.63) is 46.9 Å². The molecule has 0 saturated heterocycles. The van der Waals surface area contributed by atoms with Gasteiger partial charge < -0.3 is 10.1 Å². The highest BCUT2D eigenvalue weighted by Gasteiger charge is 2.09. The number of ether oxygens (including phenoxy) is 1. The van der Waals surface area contributed by atoms with E-state index in [1.54, 1.807) is 7.11 Å². The summed E-state index contributed by atoms with van der Waals surface area (Å²) in [5.41, 5.74) is 1.14. The Morgan fingerprint density at radius 3 is 2.89 bits per heavy atom. The molecule has 4 heteroatoms. The number of methoxy groups -OCH3 is 1.